The van der Waals surface area contributed by atoms with Crippen LogP contribution in [0.15, 0.2) is 0 Å². The number of carbonyl (C=O) groups is 2. The number of aliphatic hydroxyl groups excluding tert-OH is 1. The highest BCUT2D eigenvalue weighted by Crippen LogP contribution is 2.16. The molecule has 1 aliphatic heterocycles. The van der Waals surface area contributed by atoms with E-state index >= 15 is 0 Å². The zero-order valence-corrected chi connectivity index (χ0v) is 10.1. The van der Waals surface area contributed by atoms with Crippen molar-refractivity contribution in [3.63, 3.8) is 0 Å². The molecule has 98 valence electrons. The third-order valence-electron chi connectivity index (χ3n) is 2.20. The van der Waals surface area contributed by atoms with Crippen molar-refractivity contribution >= 4 is 12.1 Å². The van der Waals surface area contributed by atoms with Crippen molar-refractivity contribution in [2.75, 3.05) is 6.54 Å². The number of carboxylic acids is 1. The van der Waals surface area contributed by atoms with Gasteiger partial charge in [-0.15, -0.1) is 0 Å². The lowest BCUT2D eigenvalue weighted by molar-refractivity contribution is -0.143. The van der Waals surface area contributed by atoms with Crippen LogP contribution in [0.1, 0.15) is 27.2 Å². The van der Waals surface area contributed by atoms with Crippen molar-refractivity contribution in [2.24, 2.45) is 0 Å². The van der Waals surface area contributed by atoms with E-state index in [1.165, 1.54) is 5.01 Å². The second kappa shape index (κ2) is 4.89. The Kier molecular flexibility index (Phi) is 3.94. The molecule has 0 bridgehead atoms. The van der Waals surface area contributed by atoms with Crippen LogP contribution in [0.3, 0.4) is 0 Å². The van der Waals surface area contributed by atoms with Crippen molar-refractivity contribution in [1.29, 1.82) is 0 Å². The Morgan fingerprint density at radius 3 is 2.47 bits per heavy atom. The normalized spacial score (nSPS) is 25.6. The molecule has 0 radical (unpaired) electrons. The summed E-state index contributed by atoms with van der Waals surface area (Å²) in [7, 11) is 0. The van der Waals surface area contributed by atoms with Crippen molar-refractivity contribution in [3.05, 3.63) is 0 Å². The molecule has 7 nitrogen and oxygen atoms in total. The molecule has 0 spiro atoms. The SMILES string of the molecule is CC(C)(C)OC(=O)NN1C[C@H](O)C[C@H]1C(=O)O. The summed E-state index contributed by atoms with van der Waals surface area (Å²) >= 11 is 0. The second-order valence-electron chi connectivity index (χ2n) is 5.01. The summed E-state index contributed by atoms with van der Waals surface area (Å²) < 4.78 is 5.00. The van der Waals surface area contributed by atoms with E-state index in [4.69, 9.17) is 9.84 Å². The fraction of sp³-hybridized carbons (Fsp3) is 0.800. The summed E-state index contributed by atoms with van der Waals surface area (Å²) in [5.74, 6) is -1.09. The van der Waals surface area contributed by atoms with Gasteiger partial charge in [-0.2, -0.15) is 0 Å². The zero-order chi connectivity index (χ0) is 13.2. The van der Waals surface area contributed by atoms with Crippen LogP contribution in [0, 0.1) is 0 Å². The van der Waals surface area contributed by atoms with Gasteiger partial charge in [0.25, 0.3) is 0 Å². The molecule has 0 unspecified atom stereocenters. The molecular weight excluding hydrogens is 228 g/mol. The smallest absolute Gasteiger partial charge is 0.422 e. The van der Waals surface area contributed by atoms with Gasteiger partial charge in [0.15, 0.2) is 0 Å². The van der Waals surface area contributed by atoms with E-state index < -0.39 is 29.8 Å². The van der Waals surface area contributed by atoms with Gasteiger partial charge in [-0.25, -0.2) is 9.80 Å². The van der Waals surface area contributed by atoms with Gasteiger partial charge < -0.3 is 14.9 Å². The van der Waals surface area contributed by atoms with Crippen LogP contribution >= 0.6 is 0 Å². The molecular formula is C10H18N2O5. The van der Waals surface area contributed by atoms with Gasteiger partial charge in [-0.1, -0.05) is 0 Å². The molecule has 1 amide bonds. The molecule has 1 fully saturated rings. The number of aliphatic carboxylic acids is 1. The number of β-amino-alcohol motifs (C(OH)–C–C–N with tert-alkyl or cyclic N) is 1. The Bertz CT molecular complexity index is 312. The van der Waals surface area contributed by atoms with Crippen LogP contribution in [0.4, 0.5) is 4.79 Å². The first-order valence-corrected chi connectivity index (χ1v) is 5.36. The lowest BCUT2D eigenvalue weighted by Crippen LogP contribution is -2.49. The first-order valence-electron chi connectivity index (χ1n) is 5.36. The van der Waals surface area contributed by atoms with E-state index in [2.05, 4.69) is 5.43 Å². The highest BCUT2D eigenvalue weighted by Gasteiger charge is 2.37. The number of hydrogen-bond donors (Lipinski definition) is 3. The number of hydrogen-bond acceptors (Lipinski definition) is 5. The minimum absolute atomic E-state index is 0.0796. The lowest BCUT2D eigenvalue weighted by Gasteiger charge is -2.25. The van der Waals surface area contributed by atoms with Gasteiger partial charge in [0.1, 0.15) is 11.6 Å². The zero-order valence-electron chi connectivity index (χ0n) is 10.1. The van der Waals surface area contributed by atoms with Crippen molar-refractivity contribution in [2.45, 2.75) is 44.9 Å². The standard InChI is InChI=1S/C10H18N2O5/c1-10(2,3)17-9(16)11-12-5-6(13)4-7(12)8(14)15/h6-7,13H,4-5H2,1-3H3,(H,11,16)(H,14,15)/t6-,7+/m1/s1. The number of ether oxygens (including phenoxy) is 1. The van der Waals surface area contributed by atoms with Crippen LogP contribution in [-0.4, -0.2) is 51.6 Å². The molecule has 17 heavy (non-hydrogen) atoms. The molecule has 2 atom stereocenters. The van der Waals surface area contributed by atoms with E-state index in [-0.39, 0.29) is 13.0 Å². The number of nitrogens with one attached hydrogen (secondary N) is 1. The summed E-state index contributed by atoms with van der Waals surface area (Å²) in [6.07, 6.45) is -1.39. The van der Waals surface area contributed by atoms with Crippen LogP contribution in [0.5, 0.6) is 0 Å². The van der Waals surface area contributed by atoms with Crippen LogP contribution < -0.4 is 5.43 Å². The van der Waals surface area contributed by atoms with E-state index in [0.29, 0.717) is 0 Å². The number of aliphatic hydroxyl groups is 1. The topological polar surface area (TPSA) is 99.1 Å². The molecule has 0 saturated carbocycles. The Hall–Kier alpha value is -1.34. The molecule has 1 aliphatic rings. The van der Waals surface area contributed by atoms with E-state index in [9.17, 15) is 14.7 Å². The Morgan fingerprint density at radius 1 is 1.41 bits per heavy atom. The molecule has 0 aromatic rings. The number of carboxylic acid groups (broad SMARTS) is 1. The Labute approximate surface area is 99.3 Å². The number of hydrazine groups is 1. The molecule has 1 saturated heterocycles. The van der Waals surface area contributed by atoms with E-state index in [1.54, 1.807) is 20.8 Å². The summed E-state index contributed by atoms with van der Waals surface area (Å²) in [5.41, 5.74) is 1.68. The fourth-order valence-electron chi connectivity index (χ4n) is 1.59. The highest BCUT2D eigenvalue weighted by atomic mass is 16.6. The van der Waals surface area contributed by atoms with Gasteiger partial charge in [0.05, 0.1) is 6.10 Å². The predicted molar refractivity (Wildman–Crippen MR) is 58.1 cm³/mol. The van der Waals surface area contributed by atoms with Gasteiger partial charge in [-0.05, 0) is 20.8 Å². The van der Waals surface area contributed by atoms with Crippen LogP contribution in [-0.2, 0) is 9.53 Å². The molecule has 3 N–H and O–H groups in total. The molecule has 7 heteroatoms. The van der Waals surface area contributed by atoms with E-state index in [0.717, 1.165) is 0 Å². The lowest BCUT2D eigenvalue weighted by atomic mass is 10.2. The molecule has 0 aromatic heterocycles. The number of amides is 1. The second-order valence-corrected chi connectivity index (χ2v) is 5.01. The average molecular weight is 246 g/mol. The van der Waals surface area contributed by atoms with Gasteiger partial charge in [-0.3, -0.25) is 10.2 Å². The summed E-state index contributed by atoms with van der Waals surface area (Å²) in [5, 5.41) is 19.5. The van der Waals surface area contributed by atoms with Crippen molar-refractivity contribution in [1.82, 2.24) is 10.4 Å². The van der Waals surface area contributed by atoms with Gasteiger partial charge in [0, 0.05) is 13.0 Å². The minimum Gasteiger partial charge on any atom is -0.480 e. The summed E-state index contributed by atoms with van der Waals surface area (Å²) in [4.78, 5) is 22.3. The third-order valence-corrected chi connectivity index (χ3v) is 2.20. The van der Waals surface area contributed by atoms with Crippen LogP contribution in [0.2, 0.25) is 0 Å². The number of nitrogens with zero attached hydrogens (tertiary/aromatic N) is 1. The Morgan fingerprint density at radius 2 is 2.00 bits per heavy atom. The predicted octanol–water partition coefficient (Wildman–Crippen LogP) is -0.0541. The first-order chi connectivity index (χ1) is 7.69. The maximum atomic E-state index is 11.4. The number of carbonyl (C=O) groups excluding carboxylic acids is 1. The quantitative estimate of drug-likeness (QED) is 0.631. The Balaban J connectivity index is 2.55. The molecule has 1 rings (SSSR count). The largest absolute Gasteiger partial charge is 0.480 e. The fourth-order valence-corrected chi connectivity index (χ4v) is 1.59. The van der Waals surface area contributed by atoms with Crippen molar-refractivity contribution in [3.8, 4) is 0 Å². The molecule has 1 heterocycles. The monoisotopic (exact) mass is 246 g/mol. The minimum atomic E-state index is -1.09. The summed E-state index contributed by atoms with van der Waals surface area (Å²) in [6, 6.07) is -0.919. The van der Waals surface area contributed by atoms with Crippen molar-refractivity contribution < 1.29 is 24.5 Å². The van der Waals surface area contributed by atoms with E-state index in [1.807, 2.05) is 0 Å². The maximum Gasteiger partial charge on any atom is 0.422 e. The first kappa shape index (κ1) is 13.7. The van der Waals surface area contributed by atoms with Crippen LogP contribution in [0.25, 0.3) is 0 Å². The molecule has 0 aromatic carbocycles. The third kappa shape index (κ3) is 4.20. The number of rotatable bonds is 2. The van der Waals surface area contributed by atoms with Gasteiger partial charge in [0.2, 0.25) is 0 Å². The average Bonchev–Trinajstić information content (AvgIpc) is 2.42. The van der Waals surface area contributed by atoms with Gasteiger partial charge >= 0.3 is 12.1 Å². The molecule has 0 aliphatic carbocycles. The highest BCUT2D eigenvalue weighted by molar-refractivity contribution is 5.75. The summed E-state index contributed by atoms with van der Waals surface area (Å²) in [6.45, 7) is 5.20. The maximum absolute atomic E-state index is 11.4.